The fourth-order valence-corrected chi connectivity index (χ4v) is 3.29. The summed E-state index contributed by atoms with van der Waals surface area (Å²) in [6, 6.07) is 18.7. The Morgan fingerprint density at radius 1 is 1.00 bits per heavy atom. The van der Waals surface area contributed by atoms with Crippen LogP contribution in [0, 0.1) is 0 Å². The van der Waals surface area contributed by atoms with E-state index in [1.54, 1.807) is 0 Å². The zero-order valence-corrected chi connectivity index (χ0v) is 14.3. The third-order valence-electron chi connectivity index (χ3n) is 4.74. The number of ether oxygens (including phenoxy) is 4. The fourth-order valence-electron chi connectivity index (χ4n) is 3.29. The first-order valence-electron chi connectivity index (χ1n) is 8.79. The van der Waals surface area contributed by atoms with Crippen molar-refractivity contribution >= 4 is 0 Å². The van der Waals surface area contributed by atoms with Gasteiger partial charge in [0, 0.05) is 5.56 Å². The highest BCUT2D eigenvalue weighted by molar-refractivity contribution is 5.17. The van der Waals surface area contributed by atoms with Gasteiger partial charge in [0.05, 0.1) is 19.3 Å². The van der Waals surface area contributed by atoms with E-state index >= 15 is 0 Å². The number of hydrogen-bond donors (Lipinski definition) is 2. The Morgan fingerprint density at radius 2 is 1.69 bits per heavy atom. The van der Waals surface area contributed by atoms with Crippen molar-refractivity contribution in [3.8, 4) is 0 Å². The zero-order valence-electron chi connectivity index (χ0n) is 14.3. The van der Waals surface area contributed by atoms with Gasteiger partial charge in [0.25, 0.3) is 0 Å². The molecule has 2 aromatic carbocycles. The van der Waals surface area contributed by atoms with Crippen LogP contribution in [0.3, 0.4) is 0 Å². The molecule has 3 N–H and O–H groups in total. The molecule has 2 saturated heterocycles. The van der Waals surface area contributed by atoms with Gasteiger partial charge in [0.1, 0.15) is 18.3 Å². The van der Waals surface area contributed by atoms with Gasteiger partial charge in [-0.25, -0.2) is 0 Å². The molecule has 0 unspecified atom stereocenters. The summed E-state index contributed by atoms with van der Waals surface area (Å²) in [4.78, 5) is 0. The summed E-state index contributed by atoms with van der Waals surface area (Å²) < 4.78 is 23.4. The van der Waals surface area contributed by atoms with Gasteiger partial charge in [-0.3, -0.25) is 0 Å². The summed E-state index contributed by atoms with van der Waals surface area (Å²) in [5, 5.41) is 10.6. The van der Waals surface area contributed by atoms with Gasteiger partial charge in [-0.2, -0.15) is 0 Å². The standard InChI is InChI=1S/C20H23NO5/c21-16-17(22)18-15(12-24-19(26-18)14-9-5-2-6-10-14)25-20(16)23-11-13-7-3-1-4-8-13/h1-10,15-20,22H,11-12,21H2/t15-,16+,17-,18-,19-,20+/m1/s1. The van der Waals surface area contributed by atoms with Crippen molar-refractivity contribution < 1.29 is 24.1 Å². The number of fused-ring (bicyclic) bond motifs is 1. The second-order valence-electron chi connectivity index (χ2n) is 6.58. The van der Waals surface area contributed by atoms with E-state index in [1.807, 2.05) is 60.7 Å². The lowest BCUT2D eigenvalue weighted by atomic mass is 9.96. The smallest absolute Gasteiger partial charge is 0.184 e. The summed E-state index contributed by atoms with van der Waals surface area (Å²) in [7, 11) is 0. The van der Waals surface area contributed by atoms with Crippen molar-refractivity contribution in [3.05, 3.63) is 71.8 Å². The van der Waals surface area contributed by atoms with E-state index < -0.39 is 36.9 Å². The molecule has 0 bridgehead atoms. The predicted molar refractivity (Wildman–Crippen MR) is 93.9 cm³/mol. The molecule has 2 aromatic rings. The molecule has 2 aliphatic rings. The van der Waals surface area contributed by atoms with Crippen LogP contribution in [0.15, 0.2) is 60.7 Å². The van der Waals surface area contributed by atoms with Crippen LogP contribution in [-0.2, 0) is 25.6 Å². The van der Waals surface area contributed by atoms with Gasteiger partial charge in [0.2, 0.25) is 0 Å². The van der Waals surface area contributed by atoms with Crippen molar-refractivity contribution in [2.45, 2.75) is 43.5 Å². The first kappa shape index (κ1) is 17.6. The largest absolute Gasteiger partial charge is 0.388 e. The van der Waals surface area contributed by atoms with Crippen LogP contribution in [0.2, 0.25) is 0 Å². The lowest BCUT2D eigenvalue weighted by molar-refractivity contribution is -0.343. The first-order chi connectivity index (χ1) is 12.7. The van der Waals surface area contributed by atoms with Gasteiger partial charge < -0.3 is 29.8 Å². The highest BCUT2D eigenvalue weighted by Crippen LogP contribution is 2.33. The molecular formula is C20H23NO5. The molecule has 6 heteroatoms. The summed E-state index contributed by atoms with van der Waals surface area (Å²) in [5.74, 6) is 0. The minimum Gasteiger partial charge on any atom is -0.388 e. The van der Waals surface area contributed by atoms with Gasteiger partial charge in [0.15, 0.2) is 12.6 Å². The van der Waals surface area contributed by atoms with Crippen LogP contribution >= 0.6 is 0 Å². The van der Waals surface area contributed by atoms with Crippen molar-refractivity contribution in [1.82, 2.24) is 0 Å². The van der Waals surface area contributed by atoms with Crippen LogP contribution < -0.4 is 5.73 Å². The van der Waals surface area contributed by atoms with Crippen LogP contribution in [0.5, 0.6) is 0 Å². The monoisotopic (exact) mass is 357 g/mol. The molecule has 6 nitrogen and oxygen atoms in total. The van der Waals surface area contributed by atoms with Crippen LogP contribution in [-0.4, -0.2) is 42.4 Å². The molecule has 4 rings (SSSR count). The Bertz CT molecular complexity index is 696. The van der Waals surface area contributed by atoms with Gasteiger partial charge >= 0.3 is 0 Å². The maximum atomic E-state index is 10.6. The molecule has 26 heavy (non-hydrogen) atoms. The maximum Gasteiger partial charge on any atom is 0.184 e. The summed E-state index contributed by atoms with van der Waals surface area (Å²) in [6.07, 6.45) is -3.13. The third-order valence-corrected chi connectivity index (χ3v) is 4.74. The molecule has 6 atom stereocenters. The molecule has 0 aliphatic carbocycles. The SMILES string of the molecule is N[C@@H]1[C@@H](OCc2ccccc2)O[C@@H]2CO[C@@H](c3ccccc3)O[C@H]2[C@@H]1O. The molecule has 138 valence electrons. The van der Waals surface area contributed by atoms with E-state index in [4.69, 9.17) is 24.7 Å². The maximum absolute atomic E-state index is 10.6. The minimum atomic E-state index is -0.898. The number of aliphatic hydroxyl groups is 1. The average Bonchev–Trinajstić information content (AvgIpc) is 2.71. The van der Waals surface area contributed by atoms with E-state index in [1.165, 1.54) is 0 Å². The quantitative estimate of drug-likeness (QED) is 0.867. The number of benzene rings is 2. The molecule has 0 saturated carbocycles. The molecule has 0 aromatic heterocycles. The normalized spacial score (nSPS) is 34.2. The summed E-state index contributed by atoms with van der Waals surface area (Å²) >= 11 is 0. The van der Waals surface area contributed by atoms with Crippen LogP contribution in [0.4, 0.5) is 0 Å². The van der Waals surface area contributed by atoms with Crippen molar-refractivity contribution in [1.29, 1.82) is 0 Å². The van der Waals surface area contributed by atoms with Crippen molar-refractivity contribution in [2.24, 2.45) is 5.73 Å². The number of rotatable bonds is 4. The Kier molecular flexibility index (Phi) is 5.31. The van der Waals surface area contributed by atoms with Crippen molar-refractivity contribution in [2.75, 3.05) is 6.61 Å². The summed E-state index contributed by atoms with van der Waals surface area (Å²) in [6.45, 7) is 0.664. The number of hydrogen-bond acceptors (Lipinski definition) is 6. The Hall–Kier alpha value is -1.80. The highest BCUT2D eigenvalue weighted by atomic mass is 16.7. The average molecular weight is 357 g/mol. The molecule has 0 amide bonds. The van der Waals surface area contributed by atoms with Gasteiger partial charge in [-0.05, 0) is 5.56 Å². The number of aliphatic hydroxyl groups excluding tert-OH is 1. The lowest BCUT2D eigenvalue weighted by Crippen LogP contribution is -2.64. The lowest BCUT2D eigenvalue weighted by Gasteiger charge is -2.46. The third kappa shape index (κ3) is 3.66. The van der Waals surface area contributed by atoms with Crippen LogP contribution in [0.1, 0.15) is 17.4 Å². The van der Waals surface area contributed by atoms with E-state index in [0.717, 1.165) is 11.1 Å². The predicted octanol–water partition coefficient (Wildman–Crippen LogP) is 1.73. The van der Waals surface area contributed by atoms with Gasteiger partial charge in [-0.1, -0.05) is 60.7 Å². The molecule has 0 radical (unpaired) electrons. The zero-order chi connectivity index (χ0) is 17.9. The van der Waals surface area contributed by atoms with Gasteiger partial charge in [-0.15, -0.1) is 0 Å². The molecule has 0 spiro atoms. The summed E-state index contributed by atoms with van der Waals surface area (Å²) in [5.41, 5.74) is 8.07. The number of nitrogens with two attached hydrogens (primary N) is 1. The van der Waals surface area contributed by atoms with Crippen LogP contribution in [0.25, 0.3) is 0 Å². The fraction of sp³-hybridized carbons (Fsp3) is 0.400. The molecular weight excluding hydrogens is 334 g/mol. The topological polar surface area (TPSA) is 83.2 Å². The first-order valence-corrected chi connectivity index (χ1v) is 8.79. The molecule has 2 aliphatic heterocycles. The second-order valence-corrected chi connectivity index (χ2v) is 6.58. The van der Waals surface area contributed by atoms with E-state index in [-0.39, 0.29) is 0 Å². The second kappa shape index (κ2) is 7.84. The highest BCUT2D eigenvalue weighted by Gasteiger charge is 2.48. The minimum absolute atomic E-state index is 0.305. The molecule has 2 heterocycles. The molecule has 2 fully saturated rings. The Morgan fingerprint density at radius 3 is 2.42 bits per heavy atom. The van der Waals surface area contributed by atoms with E-state index in [2.05, 4.69) is 0 Å². The van der Waals surface area contributed by atoms with Crippen molar-refractivity contribution in [3.63, 3.8) is 0 Å². The Balaban J connectivity index is 1.40. The van der Waals surface area contributed by atoms with E-state index in [0.29, 0.717) is 13.2 Å². The van der Waals surface area contributed by atoms with E-state index in [9.17, 15) is 5.11 Å². The Labute approximate surface area is 152 Å².